The lowest BCUT2D eigenvalue weighted by atomic mass is 10.0. The summed E-state index contributed by atoms with van der Waals surface area (Å²) in [6.45, 7) is 1.88. The van der Waals surface area contributed by atoms with E-state index in [4.69, 9.17) is 15.0 Å². The molecule has 0 aliphatic carbocycles. The SMILES string of the molecule is Cc1nc(N[C@H](C)c2cccc(C(F)(F)CO)c2)c2cc(N(C)c3ccc(=O)n(CC(=O)N(C)C)n3)ccc2n1.O=CO. The maximum absolute atomic E-state index is 14.1. The standard InChI is InChI=1S/C28H31F2N7O3.CH2O2/c1-17(19-7-6-8-20(13-19)28(29,30)16-38)31-27-22-14-21(9-10-23(22)32-18(2)33-27)36(5)24-11-12-25(39)37(34-24)15-26(40)35(3)4;2-1-3/h6-14,17,38H,15-16H2,1-5H3,(H,31,32,33);1H,(H,2,3)/t17-;/m1./s1. The van der Waals surface area contributed by atoms with Crippen LogP contribution >= 0.6 is 0 Å². The van der Waals surface area contributed by atoms with Crippen molar-refractivity contribution in [3.63, 3.8) is 0 Å². The van der Waals surface area contributed by atoms with Crippen LogP contribution in [0.1, 0.15) is 29.9 Å². The zero-order valence-corrected chi connectivity index (χ0v) is 24.3. The van der Waals surface area contributed by atoms with E-state index in [2.05, 4.69) is 20.4 Å². The highest BCUT2D eigenvalue weighted by Gasteiger charge is 2.30. The number of aryl methyl sites for hydroxylation is 1. The number of amides is 1. The van der Waals surface area contributed by atoms with Crippen LogP contribution in [-0.4, -0.2) is 75.0 Å². The van der Waals surface area contributed by atoms with Gasteiger partial charge < -0.3 is 25.3 Å². The molecule has 3 N–H and O–H groups in total. The minimum Gasteiger partial charge on any atom is -0.483 e. The number of carboxylic acid groups (broad SMARTS) is 1. The molecule has 0 aliphatic heterocycles. The number of hydrogen-bond acceptors (Lipinski definition) is 9. The first-order valence-electron chi connectivity index (χ1n) is 13.0. The monoisotopic (exact) mass is 597 g/mol. The number of halogens is 2. The lowest BCUT2D eigenvalue weighted by Crippen LogP contribution is -2.33. The second-order valence-electron chi connectivity index (χ2n) is 9.81. The Morgan fingerprint density at radius 2 is 1.81 bits per heavy atom. The molecular formula is C29H33F2N7O5. The highest BCUT2D eigenvalue weighted by atomic mass is 19.3. The number of anilines is 3. The maximum Gasteiger partial charge on any atom is 0.295 e. The van der Waals surface area contributed by atoms with Gasteiger partial charge in [-0.3, -0.25) is 14.4 Å². The van der Waals surface area contributed by atoms with E-state index in [-0.39, 0.29) is 24.5 Å². The molecule has 12 nitrogen and oxygen atoms in total. The van der Waals surface area contributed by atoms with Crippen LogP contribution in [0.2, 0.25) is 0 Å². The van der Waals surface area contributed by atoms with Crippen molar-refractivity contribution in [1.29, 1.82) is 0 Å². The van der Waals surface area contributed by atoms with Crippen molar-refractivity contribution in [1.82, 2.24) is 24.6 Å². The fourth-order valence-electron chi connectivity index (χ4n) is 4.10. The predicted molar refractivity (Wildman–Crippen MR) is 158 cm³/mol. The molecule has 0 radical (unpaired) electrons. The fraction of sp³-hybridized carbons (Fsp3) is 0.310. The Labute approximate surface area is 246 Å². The summed E-state index contributed by atoms with van der Waals surface area (Å²) in [5.41, 5.74) is 1.33. The van der Waals surface area contributed by atoms with Crippen LogP contribution in [0.3, 0.4) is 0 Å². The molecule has 4 rings (SSSR count). The first-order chi connectivity index (χ1) is 20.3. The molecule has 2 aromatic carbocycles. The third-order valence-electron chi connectivity index (χ3n) is 6.52. The molecule has 228 valence electrons. The number of hydrogen-bond donors (Lipinski definition) is 3. The number of likely N-dealkylation sites (N-methyl/N-ethyl adjacent to an activating group) is 1. The molecule has 2 aromatic heterocycles. The van der Waals surface area contributed by atoms with Crippen molar-refractivity contribution in [2.75, 3.05) is 38.0 Å². The maximum atomic E-state index is 14.1. The summed E-state index contributed by atoms with van der Waals surface area (Å²) in [6, 6.07) is 14.0. The van der Waals surface area contributed by atoms with Gasteiger partial charge in [0.2, 0.25) is 5.91 Å². The van der Waals surface area contributed by atoms with Crippen LogP contribution in [0.4, 0.5) is 26.1 Å². The summed E-state index contributed by atoms with van der Waals surface area (Å²) in [7, 11) is 5.00. The molecule has 43 heavy (non-hydrogen) atoms. The molecule has 0 saturated carbocycles. The lowest BCUT2D eigenvalue weighted by Gasteiger charge is -2.22. The summed E-state index contributed by atoms with van der Waals surface area (Å²) in [5, 5.41) is 24.3. The van der Waals surface area contributed by atoms with Gasteiger partial charge in [-0.25, -0.2) is 14.6 Å². The van der Waals surface area contributed by atoms with Crippen LogP contribution in [0.15, 0.2) is 59.4 Å². The van der Waals surface area contributed by atoms with Gasteiger partial charge in [0.05, 0.1) is 5.52 Å². The summed E-state index contributed by atoms with van der Waals surface area (Å²) in [5.74, 6) is -2.11. The highest BCUT2D eigenvalue weighted by molar-refractivity contribution is 5.92. The van der Waals surface area contributed by atoms with E-state index in [0.717, 1.165) is 10.4 Å². The number of aliphatic hydroxyl groups is 1. The van der Waals surface area contributed by atoms with Gasteiger partial charge in [-0.1, -0.05) is 18.2 Å². The van der Waals surface area contributed by atoms with Gasteiger partial charge in [-0.15, -0.1) is 0 Å². The number of nitrogens with zero attached hydrogens (tertiary/aromatic N) is 6. The zero-order valence-electron chi connectivity index (χ0n) is 24.3. The van der Waals surface area contributed by atoms with Crippen LogP contribution in [0.25, 0.3) is 10.9 Å². The number of carbonyl (C=O) groups is 2. The Kier molecular flexibility index (Phi) is 10.4. The highest BCUT2D eigenvalue weighted by Crippen LogP contribution is 2.32. The second kappa shape index (κ2) is 13.8. The molecule has 0 spiro atoms. The molecule has 0 fully saturated rings. The predicted octanol–water partition coefficient (Wildman–Crippen LogP) is 3.31. The molecule has 0 aliphatic rings. The van der Waals surface area contributed by atoms with Gasteiger partial charge >= 0.3 is 0 Å². The van der Waals surface area contributed by atoms with E-state index in [9.17, 15) is 18.4 Å². The Morgan fingerprint density at radius 1 is 1.12 bits per heavy atom. The number of alkyl halides is 2. The van der Waals surface area contributed by atoms with E-state index in [1.54, 1.807) is 45.1 Å². The Hall–Kier alpha value is -4.98. The number of fused-ring (bicyclic) bond motifs is 1. The van der Waals surface area contributed by atoms with Gasteiger partial charge in [0, 0.05) is 49.9 Å². The number of aliphatic hydroxyl groups excluding tert-OH is 1. The van der Waals surface area contributed by atoms with Crippen molar-refractivity contribution in [2.24, 2.45) is 0 Å². The minimum absolute atomic E-state index is 0.185. The first-order valence-corrected chi connectivity index (χ1v) is 13.0. The van der Waals surface area contributed by atoms with E-state index in [1.807, 2.05) is 25.1 Å². The van der Waals surface area contributed by atoms with Crippen LogP contribution in [0.5, 0.6) is 0 Å². The molecular weight excluding hydrogens is 564 g/mol. The van der Waals surface area contributed by atoms with Gasteiger partial charge in [-0.2, -0.15) is 13.9 Å². The number of rotatable bonds is 9. The summed E-state index contributed by atoms with van der Waals surface area (Å²) >= 11 is 0. The number of nitrogens with one attached hydrogen (secondary N) is 1. The van der Waals surface area contributed by atoms with Crippen molar-refractivity contribution in [3.8, 4) is 0 Å². The van der Waals surface area contributed by atoms with E-state index in [0.29, 0.717) is 33.9 Å². The molecule has 14 heteroatoms. The van der Waals surface area contributed by atoms with Crippen molar-refractivity contribution < 1.29 is 28.6 Å². The van der Waals surface area contributed by atoms with E-state index in [1.165, 1.54) is 29.2 Å². The molecule has 2 heterocycles. The quantitative estimate of drug-likeness (QED) is 0.245. The summed E-state index contributed by atoms with van der Waals surface area (Å²) in [4.78, 5) is 45.0. The van der Waals surface area contributed by atoms with Crippen molar-refractivity contribution >= 4 is 40.6 Å². The van der Waals surface area contributed by atoms with Crippen molar-refractivity contribution in [3.05, 3.63) is 81.9 Å². The topological polar surface area (TPSA) is 154 Å². The van der Waals surface area contributed by atoms with Crippen LogP contribution in [-0.2, 0) is 22.1 Å². The summed E-state index contributed by atoms with van der Waals surface area (Å²) in [6.07, 6.45) is 0. The molecule has 1 amide bonds. The Bertz CT molecular complexity index is 1660. The fourth-order valence-corrected chi connectivity index (χ4v) is 4.10. The largest absolute Gasteiger partial charge is 0.483 e. The second-order valence-corrected chi connectivity index (χ2v) is 9.81. The Balaban J connectivity index is 0.00000162. The van der Waals surface area contributed by atoms with Gasteiger partial charge in [0.1, 0.15) is 24.8 Å². The van der Waals surface area contributed by atoms with E-state index >= 15 is 0 Å². The molecule has 0 bridgehead atoms. The average molecular weight is 598 g/mol. The summed E-state index contributed by atoms with van der Waals surface area (Å²) < 4.78 is 29.3. The number of carbonyl (C=O) groups excluding carboxylic acids is 1. The average Bonchev–Trinajstić information content (AvgIpc) is 2.98. The normalized spacial score (nSPS) is 11.7. The number of aromatic nitrogens is 4. The van der Waals surface area contributed by atoms with Gasteiger partial charge in [-0.05, 0) is 49.7 Å². The third kappa shape index (κ3) is 7.86. The zero-order chi connectivity index (χ0) is 31.9. The molecule has 1 atom stereocenters. The van der Waals surface area contributed by atoms with Crippen molar-refractivity contribution in [2.45, 2.75) is 32.4 Å². The Morgan fingerprint density at radius 3 is 2.47 bits per heavy atom. The number of benzene rings is 2. The molecule has 0 saturated heterocycles. The molecule has 0 unspecified atom stereocenters. The van der Waals surface area contributed by atoms with Gasteiger partial charge in [0.25, 0.3) is 18.0 Å². The minimum atomic E-state index is -3.34. The smallest absolute Gasteiger partial charge is 0.295 e. The van der Waals surface area contributed by atoms with Gasteiger partial charge in [0.15, 0.2) is 5.82 Å². The van der Waals surface area contributed by atoms with Crippen LogP contribution in [0, 0.1) is 6.92 Å². The molecule has 4 aromatic rings. The van der Waals surface area contributed by atoms with Crippen LogP contribution < -0.4 is 15.8 Å². The lowest BCUT2D eigenvalue weighted by molar-refractivity contribution is -0.129. The third-order valence-corrected chi connectivity index (χ3v) is 6.52. The van der Waals surface area contributed by atoms with E-state index < -0.39 is 24.1 Å². The first kappa shape index (κ1) is 32.5.